The van der Waals surface area contributed by atoms with Crippen LogP contribution in [-0.2, 0) is 13.1 Å². The Morgan fingerprint density at radius 3 is 2.77 bits per heavy atom. The lowest BCUT2D eigenvalue weighted by Crippen LogP contribution is -2.11. The van der Waals surface area contributed by atoms with Gasteiger partial charge < -0.3 is 5.32 Å². The van der Waals surface area contributed by atoms with Gasteiger partial charge in [-0.25, -0.2) is 0 Å². The number of aromatic nitrogens is 4. The van der Waals surface area contributed by atoms with Crippen molar-refractivity contribution in [1.29, 1.82) is 0 Å². The molecule has 0 aliphatic heterocycles. The Kier molecular flexibility index (Phi) is 5.51. The predicted molar refractivity (Wildman–Crippen MR) is 91.7 cm³/mol. The summed E-state index contributed by atoms with van der Waals surface area (Å²) in [4.78, 5) is 0. The van der Waals surface area contributed by atoms with E-state index in [0.29, 0.717) is 12.0 Å². The molecule has 1 fully saturated rings. The molecule has 0 aromatic carbocycles. The minimum Gasteiger partial charge on any atom is -0.377 e. The summed E-state index contributed by atoms with van der Waals surface area (Å²) in [6.07, 6.45) is 7.67. The van der Waals surface area contributed by atoms with Crippen LogP contribution in [0, 0.1) is 0 Å². The molecular formula is C16H26ClN5. The number of anilines is 1. The Bertz CT molecular complexity index is 597. The van der Waals surface area contributed by atoms with Crippen molar-refractivity contribution in [2.45, 2.75) is 65.1 Å². The van der Waals surface area contributed by atoms with Crippen molar-refractivity contribution in [3.8, 4) is 0 Å². The third-order valence-corrected chi connectivity index (χ3v) is 3.88. The zero-order valence-corrected chi connectivity index (χ0v) is 14.4. The predicted octanol–water partition coefficient (Wildman–Crippen LogP) is 3.98. The second-order valence-electron chi connectivity index (χ2n) is 6.22. The van der Waals surface area contributed by atoms with Crippen LogP contribution in [0.4, 0.5) is 5.69 Å². The Hall–Kier alpha value is -1.49. The summed E-state index contributed by atoms with van der Waals surface area (Å²) in [5.41, 5.74) is 3.60. The maximum atomic E-state index is 4.77. The lowest BCUT2D eigenvalue weighted by Gasteiger charge is -2.11. The summed E-state index contributed by atoms with van der Waals surface area (Å²) in [5, 5.41) is 12.6. The average Bonchev–Trinajstić information content (AvgIpc) is 3.06. The fourth-order valence-electron chi connectivity index (χ4n) is 2.61. The van der Waals surface area contributed by atoms with Crippen LogP contribution in [0.2, 0.25) is 0 Å². The van der Waals surface area contributed by atoms with Crippen LogP contribution in [0.25, 0.3) is 0 Å². The van der Waals surface area contributed by atoms with E-state index in [0.717, 1.165) is 25.2 Å². The minimum absolute atomic E-state index is 0. The van der Waals surface area contributed by atoms with Crippen LogP contribution in [0.15, 0.2) is 18.5 Å². The first-order valence-electron chi connectivity index (χ1n) is 8.02. The maximum Gasteiger partial charge on any atom is 0.0729 e. The van der Waals surface area contributed by atoms with Crippen LogP contribution in [0.5, 0.6) is 0 Å². The summed E-state index contributed by atoms with van der Waals surface area (Å²) in [5.74, 6) is 0.705. The summed E-state index contributed by atoms with van der Waals surface area (Å²) >= 11 is 0. The number of rotatable bonds is 7. The van der Waals surface area contributed by atoms with Crippen LogP contribution in [0.3, 0.4) is 0 Å². The van der Waals surface area contributed by atoms with Crippen molar-refractivity contribution >= 4 is 18.1 Å². The van der Waals surface area contributed by atoms with E-state index in [1.54, 1.807) is 0 Å². The Morgan fingerprint density at radius 1 is 1.36 bits per heavy atom. The third-order valence-electron chi connectivity index (χ3n) is 3.88. The van der Waals surface area contributed by atoms with Gasteiger partial charge >= 0.3 is 0 Å². The standard InChI is InChI=1S/C16H25N5.ClH/c1-4-7-20-11-14(9-18-20)17-10-15-8-16(13-5-6-13)19-21(15)12(2)3;/h8-9,11-13,17H,4-7,10H2,1-3H3;1H. The van der Waals surface area contributed by atoms with Crippen LogP contribution >= 0.6 is 12.4 Å². The van der Waals surface area contributed by atoms with Gasteiger partial charge in [0.25, 0.3) is 0 Å². The van der Waals surface area contributed by atoms with Gasteiger partial charge in [-0.3, -0.25) is 9.36 Å². The van der Waals surface area contributed by atoms with E-state index in [9.17, 15) is 0 Å². The van der Waals surface area contributed by atoms with Gasteiger partial charge in [0.15, 0.2) is 0 Å². The van der Waals surface area contributed by atoms with Gasteiger partial charge in [0.1, 0.15) is 0 Å². The Morgan fingerprint density at radius 2 is 2.14 bits per heavy atom. The number of halogens is 1. The van der Waals surface area contributed by atoms with Crippen LogP contribution in [0.1, 0.15) is 63.4 Å². The zero-order valence-electron chi connectivity index (χ0n) is 13.6. The second kappa shape index (κ2) is 7.18. The molecule has 1 N–H and O–H groups in total. The largest absolute Gasteiger partial charge is 0.377 e. The highest BCUT2D eigenvalue weighted by molar-refractivity contribution is 5.85. The summed E-state index contributed by atoms with van der Waals surface area (Å²) in [7, 11) is 0. The van der Waals surface area contributed by atoms with Crippen molar-refractivity contribution in [3.05, 3.63) is 29.8 Å². The molecule has 0 amide bonds. The monoisotopic (exact) mass is 323 g/mol. The molecule has 3 rings (SSSR count). The minimum atomic E-state index is 0. The molecule has 22 heavy (non-hydrogen) atoms. The molecule has 0 radical (unpaired) electrons. The van der Waals surface area contributed by atoms with Crippen molar-refractivity contribution in [3.63, 3.8) is 0 Å². The molecule has 0 bridgehead atoms. The Labute approximate surface area is 138 Å². The first-order chi connectivity index (χ1) is 10.2. The molecule has 0 atom stereocenters. The van der Waals surface area contributed by atoms with Crippen LogP contribution in [-0.4, -0.2) is 19.6 Å². The molecule has 0 saturated heterocycles. The normalized spacial score (nSPS) is 14.2. The molecule has 1 aliphatic rings. The van der Waals surface area contributed by atoms with Gasteiger partial charge in [-0.15, -0.1) is 12.4 Å². The molecule has 2 heterocycles. The fourth-order valence-corrected chi connectivity index (χ4v) is 2.61. The highest BCUT2D eigenvalue weighted by Crippen LogP contribution is 2.39. The second-order valence-corrected chi connectivity index (χ2v) is 6.22. The average molecular weight is 324 g/mol. The van der Waals surface area contributed by atoms with Crippen molar-refractivity contribution in [2.75, 3.05) is 5.32 Å². The van der Waals surface area contributed by atoms with Crippen molar-refractivity contribution in [1.82, 2.24) is 19.6 Å². The smallest absolute Gasteiger partial charge is 0.0729 e. The van der Waals surface area contributed by atoms with Gasteiger partial charge in [0, 0.05) is 24.7 Å². The molecule has 122 valence electrons. The number of aryl methyl sites for hydroxylation is 1. The van der Waals surface area contributed by atoms with Gasteiger partial charge in [-0.2, -0.15) is 10.2 Å². The first kappa shape index (κ1) is 16.9. The van der Waals surface area contributed by atoms with Gasteiger partial charge in [-0.05, 0) is 39.2 Å². The van der Waals surface area contributed by atoms with Gasteiger partial charge in [0.05, 0.1) is 29.8 Å². The number of hydrogen-bond acceptors (Lipinski definition) is 3. The summed E-state index contributed by atoms with van der Waals surface area (Å²) < 4.78 is 4.13. The molecule has 6 heteroatoms. The van der Waals surface area contributed by atoms with E-state index in [4.69, 9.17) is 5.10 Å². The molecule has 0 unspecified atom stereocenters. The highest BCUT2D eigenvalue weighted by Gasteiger charge is 2.27. The van der Waals surface area contributed by atoms with Gasteiger partial charge in [0.2, 0.25) is 0 Å². The number of hydrogen-bond donors (Lipinski definition) is 1. The summed E-state index contributed by atoms with van der Waals surface area (Å²) in [6, 6.07) is 2.67. The topological polar surface area (TPSA) is 47.7 Å². The molecule has 1 saturated carbocycles. The number of nitrogens with zero attached hydrogens (tertiary/aromatic N) is 4. The molecule has 2 aromatic rings. The molecular weight excluding hydrogens is 298 g/mol. The zero-order chi connectivity index (χ0) is 14.8. The summed E-state index contributed by atoms with van der Waals surface area (Å²) in [6.45, 7) is 8.31. The third kappa shape index (κ3) is 3.83. The first-order valence-corrected chi connectivity index (χ1v) is 8.02. The molecule has 5 nitrogen and oxygen atoms in total. The lowest BCUT2D eigenvalue weighted by atomic mass is 10.2. The van der Waals surface area contributed by atoms with E-state index in [1.165, 1.54) is 24.2 Å². The van der Waals surface area contributed by atoms with Crippen LogP contribution < -0.4 is 5.32 Å². The fraction of sp³-hybridized carbons (Fsp3) is 0.625. The van der Waals surface area contributed by atoms with E-state index >= 15 is 0 Å². The van der Waals surface area contributed by atoms with E-state index in [1.807, 2.05) is 10.9 Å². The molecule has 1 aliphatic carbocycles. The Balaban J connectivity index is 0.00000176. The SMILES string of the molecule is CCCn1cc(NCc2cc(C3CC3)nn2C(C)C)cn1.Cl. The maximum absolute atomic E-state index is 4.77. The number of nitrogens with one attached hydrogen (secondary N) is 1. The lowest BCUT2D eigenvalue weighted by molar-refractivity contribution is 0.507. The molecule has 2 aromatic heterocycles. The van der Waals surface area contributed by atoms with E-state index < -0.39 is 0 Å². The van der Waals surface area contributed by atoms with Crippen molar-refractivity contribution < 1.29 is 0 Å². The molecule has 0 spiro atoms. The van der Waals surface area contributed by atoms with E-state index in [2.05, 4.69) is 48.1 Å². The highest BCUT2D eigenvalue weighted by atomic mass is 35.5. The van der Waals surface area contributed by atoms with E-state index in [-0.39, 0.29) is 12.4 Å². The van der Waals surface area contributed by atoms with Crippen molar-refractivity contribution in [2.24, 2.45) is 0 Å². The van der Waals surface area contributed by atoms with Gasteiger partial charge in [-0.1, -0.05) is 6.92 Å². The quantitative estimate of drug-likeness (QED) is 0.838.